The molecular weight excluding hydrogens is 416 g/mol. The lowest BCUT2D eigenvalue weighted by Gasteiger charge is -2.48. The Hall–Kier alpha value is -1.97. The number of piperidine rings is 1. The molecule has 3 aliphatic rings. The Labute approximate surface area is 197 Å². The third-order valence-corrected chi connectivity index (χ3v) is 8.30. The van der Waals surface area contributed by atoms with Crippen LogP contribution in [0.15, 0.2) is 54.7 Å². The van der Waals surface area contributed by atoms with E-state index in [0.717, 1.165) is 54.7 Å². The Morgan fingerprint density at radius 2 is 1.97 bits per heavy atom. The molecule has 2 aromatic rings. The molecule has 5 rings (SSSR count). The highest BCUT2D eigenvalue weighted by Gasteiger charge is 2.41. The number of nitrogens with one attached hydrogen (secondary N) is 1. The maximum absolute atomic E-state index is 6.32. The Kier molecular flexibility index (Phi) is 6.22. The van der Waals surface area contributed by atoms with Crippen LogP contribution in [0.25, 0.3) is 0 Å². The maximum Gasteiger partial charge on any atom is 0.121 e. The second kappa shape index (κ2) is 9.11. The molecular formula is C28H35ClN2O. The van der Waals surface area contributed by atoms with Crippen LogP contribution in [0.5, 0.6) is 5.75 Å². The summed E-state index contributed by atoms with van der Waals surface area (Å²) in [6.45, 7) is 10.7. The highest BCUT2D eigenvalue weighted by molar-refractivity contribution is 6.30. The lowest BCUT2D eigenvalue weighted by atomic mass is 9.64. The largest absolute Gasteiger partial charge is 0.493 e. The first-order valence-corrected chi connectivity index (χ1v) is 12.6. The molecule has 32 heavy (non-hydrogen) atoms. The predicted molar refractivity (Wildman–Crippen MR) is 134 cm³/mol. The summed E-state index contributed by atoms with van der Waals surface area (Å²) in [6, 6.07) is 15.1. The molecule has 2 unspecified atom stereocenters. The lowest BCUT2D eigenvalue weighted by Crippen LogP contribution is -2.50. The molecule has 170 valence electrons. The number of likely N-dealkylation sites (tertiary alicyclic amines) is 1. The van der Waals surface area contributed by atoms with Gasteiger partial charge in [0.05, 0.1) is 6.61 Å². The van der Waals surface area contributed by atoms with Crippen LogP contribution in [0.1, 0.15) is 50.2 Å². The number of ether oxygens (including phenoxy) is 1. The van der Waals surface area contributed by atoms with Crippen molar-refractivity contribution >= 4 is 17.3 Å². The van der Waals surface area contributed by atoms with Gasteiger partial charge in [-0.2, -0.15) is 0 Å². The van der Waals surface area contributed by atoms with Gasteiger partial charge in [-0.1, -0.05) is 49.7 Å². The molecule has 0 amide bonds. The summed E-state index contributed by atoms with van der Waals surface area (Å²) in [4.78, 5) is 2.69. The summed E-state index contributed by atoms with van der Waals surface area (Å²) >= 11 is 6.15. The first-order chi connectivity index (χ1) is 15.5. The standard InChI is InChI=1S/C28H35ClN2O/c1-20-12-15-31(19-28(13-3-14-28)24-7-9-25(29)10-8-24)17-23(20)18-32-26-11-6-22-5-4-21(2)30-27(22)16-26/h6-11,16,20,23,30H,2-5,12-15,17-19H2,1H3. The maximum atomic E-state index is 6.32. The van der Waals surface area contributed by atoms with E-state index in [1.165, 1.54) is 43.4 Å². The number of hydrogen-bond acceptors (Lipinski definition) is 3. The Bertz CT molecular complexity index is 966. The van der Waals surface area contributed by atoms with E-state index in [0.29, 0.717) is 17.3 Å². The zero-order chi connectivity index (χ0) is 22.1. The number of halogens is 1. The molecule has 0 radical (unpaired) electrons. The Morgan fingerprint density at radius 3 is 2.72 bits per heavy atom. The van der Waals surface area contributed by atoms with E-state index in [1.807, 2.05) is 0 Å². The normalized spacial score (nSPS) is 24.9. The second-order valence-electron chi connectivity index (χ2n) is 10.3. The van der Waals surface area contributed by atoms with Crippen LogP contribution in [0.3, 0.4) is 0 Å². The molecule has 0 spiro atoms. The molecule has 2 aromatic carbocycles. The van der Waals surface area contributed by atoms with Gasteiger partial charge in [-0.3, -0.25) is 0 Å². The van der Waals surface area contributed by atoms with Gasteiger partial charge in [0.1, 0.15) is 5.75 Å². The first kappa shape index (κ1) is 21.9. The van der Waals surface area contributed by atoms with Crippen LogP contribution < -0.4 is 10.1 Å². The molecule has 3 nitrogen and oxygen atoms in total. The van der Waals surface area contributed by atoms with Crippen LogP contribution in [0, 0.1) is 11.8 Å². The van der Waals surface area contributed by atoms with Crippen molar-refractivity contribution in [1.29, 1.82) is 0 Å². The van der Waals surface area contributed by atoms with Crippen molar-refractivity contribution in [3.8, 4) is 5.75 Å². The highest BCUT2D eigenvalue weighted by Crippen LogP contribution is 2.45. The fraction of sp³-hybridized carbons (Fsp3) is 0.500. The monoisotopic (exact) mass is 450 g/mol. The summed E-state index contributed by atoms with van der Waals surface area (Å²) in [7, 11) is 0. The minimum absolute atomic E-state index is 0.309. The topological polar surface area (TPSA) is 24.5 Å². The van der Waals surface area contributed by atoms with E-state index in [4.69, 9.17) is 16.3 Å². The van der Waals surface area contributed by atoms with Crippen molar-refractivity contribution in [1.82, 2.24) is 4.90 Å². The van der Waals surface area contributed by atoms with E-state index in [2.05, 4.69) is 66.2 Å². The zero-order valence-corrected chi connectivity index (χ0v) is 20.0. The predicted octanol–water partition coefficient (Wildman–Crippen LogP) is 6.67. The number of rotatable bonds is 6. The van der Waals surface area contributed by atoms with Gasteiger partial charge in [0, 0.05) is 46.9 Å². The van der Waals surface area contributed by atoms with Crippen molar-refractivity contribution in [2.24, 2.45) is 11.8 Å². The third-order valence-electron chi connectivity index (χ3n) is 8.04. The van der Waals surface area contributed by atoms with Crippen molar-refractivity contribution in [3.63, 3.8) is 0 Å². The van der Waals surface area contributed by atoms with Gasteiger partial charge in [-0.05, 0) is 73.9 Å². The van der Waals surface area contributed by atoms with E-state index in [9.17, 15) is 0 Å². The summed E-state index contributed by atoms with van der Waals surface area (Å²) in [5.41, 5.74) is 5.38. The molecule has 1 saturated heterocycles. The van der Waals surface area contributed by atoms with Gasteiger partial charge >= 0.3 is 0 Å². The molecule has 2 atom stereocenters. The summed E-state index contributed by atoms with van der Waals surface area (Å²) in [5, 5.41) is 4.25. The highest BCUT2D eigenvalue weighted by atomic mass is 35.5. The molecule has 2 aliphatic heterocycles. The quantitative estimate of drug-likeness (QED) is 0.531. The smallest absolute Gasteiger partial charge is 0.121 e. The molecule has 2 fully saturated rings. The van der Waals surface area contributed by atoms with E-state index in [1.54, 1.807) is 0 Å². The second-order valence-corrected chi connectivity index (χ2v) is 10.7. The SMILES string of the molecule is C=C1CCc2ccc(OCC3CN(CC4(c5ccc(Cl)cc5)CCC4)CCC3C)cc2N1. The van der Waals surface area contributed by atoms with E-state index < -0.39 is 0 Å². The minimum Gasteiger partial charge on any atom is -0.493 e. The molecule has 1 aliphatic carbocycles. The summed E-state index contributed by atoms with van der Waals surface area (Å²) < 4.78 is 6.32. The Morgan fingerprint density at radius 1 is 1.16 bits per heavy atom. The average Bonchev–Trinajstić information content (AvgIpc) is 2.77. The molecule has 4 heteroatoms. The van der Waals surface area contributed by atoms with Crippen molar-refractivity contribution in [2.75, 3.05) is 31.6 Å². The molecule has 2 heterocycles. The minimum atomic E-state index is 0.309. The number of allylic oxidation sites excluding steroid dienone is 1. The molecule has 1 saturated carbocycles. The number of fused-ring (bicyclic) bond motifs is 1. The number of nitrogens with zero attached hydrogens (tertiary/aromatic N) is 1. The Balaban J connectivity index is 1.22. The number of hydrogen-bond donors (Lipinski definition) is 1. The molecule has 1 N–H and O–H groups in total. The van der Waals surface area contributed by atoms with Crippen LogP contribution >= 0.6 is 11.6 Å². The van der Waals surface area contributed by atoms with Gasteiger partial charge in [-0.15, -0.1) is 0 Å². The van der Waals surface area contributed by atoms with Crippen LogP contribution in [0.2, 0.25) is 5.02 Å². The first-order valence-electron chi connectivity index (χ1n) is 12.2. The van der Waals surface area contributed by atoms with Crippen molar-refractivity contribution in [3.05, 3.63) is 70.9 Å². The lowest BCUT2D eigenvalue weighted by molar-refractivity contribution is 0.0544. The number of benzene rings is 2. The van der Waals surface area contributed by atoms with E-state index >= 15 is 0 Å². The van der Waals surface area contributed by atoms with Gasteiger partial charge in [0.25, 0.3) is 0 Å². The van der Waals surface area contributed by atoms with Crippen molar-refractivity contribution < 1.29 is 4.74 Å². The summed E-state index contributed by atoms with van der Waals surface area (Å²) in [5.74, 6) is 2.21. The van der Waals surface area contributed by atoms with Crippen molar-refractivity contribution in [2.45, 2.75) is 50.9 Å². The van der Waals surface area contributed by atoms with Gasteiger partial charge in [-0.25, -0.2) is 0 Å². The van der Waals surface area contributed by atoms with E-state index in [-0.39, 0.29) is 0 Å². The number of anilines is 1. The van der Waals surface area contributed by atoms with Crippen LogP contribution in [-0.4, -0.2) is 31.1 Å². The third kappa shape index (κ3) is 4.56. The van der Waals surface area contributed by atoms with Gasteiger partial charge in [0.15, 0.2) is 0 Å². The van der Waals surface area contributed by atoms with Gasteiger partial charge < -0.3 is 15.0 Å². The number of aryl methyl sites for hydroxylation is 1. The summed E-state index contributed by atoms with van der Waals surface area (Å²) in [6.07, 6.45) is 7.23. The average molecular weight is 451 g/mol. The molecule has 0 bridgehead atoms. The van der Waals surface area contributed by atoms with Crippen LogP contribution in [0.4, 0.5) is 5.69 Å². The zero-order valence-electron chi connectivity index (χ0n) is 19.2. The van der Waals surface area contributed by atoms with Gasteiger partial charge in [0.2, 0.25) is 0 Å². The fourth-order valence-electron chi connectivity index (χ4n) is 5.68. The van der Waals surface area contributed by atoms with Crippen LogP contribution in [-0.2, 0) is 11.8 Å². The fourth-order valence-corrected chi connectivity index (χ4v) is 5.81. The molecule has 0 aromatic heterocycles.